The molecule has 0 heterocycles. The fourth-order valence-corrected chi connectivity index (χ4v) is 4.09. The van der Waals surface area contributed by atoms with Gasteiger partial charge in [-0.3, -0.25) is 9.59 Å². The van der Waals surface area contributed by atoms with Crippen LogP contribution in [0.25, 0.3) is 0 Å². The highest BCUT2D eigenvalue weighted by Crippen LogP contribution is 2.27. The lowest BCUT2D eigenvalue weighted by Gasteiger charge is -2.32. The third kappa shape index (κ3) is 8.26. The Morgan fingerprint density at radius 1 is 0.868 bits per heavy atom. The van der Waals surface area contributed by atoms with E-state index in [1.807, 2.05) is 75.4 Å². The number of rotatable bonds is 13. The second-order valence-electron chi connectivity index (χ2n) is 9.37. The Bertz CT molecular complexity index is 1180. The standard InChI is InChI=1S/C31H38N2O5/c1-6-23(3)32-31(35)29(16-24-12-8-7-9-13-24)33(20-25-14-10-11-22(2)15-25)30(34)21-38-28-18-26(36-4)17-27(19-28)37-5/h7-15,17-19,23,29H,6,16,20-21H2,1-5H3,(H,32,35)/t23-,29+/m0/s1. The van der Waals surface area contributed by atoms with Crippen molar-refractivity contribution in [1.82, 2.24) is 10.2 Å². The van der Waals surface area contributed by atoms with Crippen molar-refractivity contribution in [3.8, 4) is 17.2 Å². The number of amides is 2. The van der Waals surface area contributed by atoms with Gasteiger partial charge >= 0.3 is 0 Å². The van der Waals surface area contributed by atoms with Crippen molar-refractivity contribution in [2.75, 3.05) is 20.8 Å². The molecule has 2 atom stereocenters. The molecule has 3 aromatic rings. The zero-order valence-electron chi connectivity index (χ0n) is 22.9. The van der Waals surface area contributed by atoms with Gasteiger partial charge in [-0.15, -0.1) is 0 Å². The van der Waals surface area contributed by atoms with Gasteiger partial charge in [0.15, 0.2) is 6.61 Å². The number of nitrogens with one attached hydrogen (secondary N) is 1. The third-order valence-electron chi connectivity index (χ3n) is 6.39. The molecule has 0 saturated carbocycles. The lowest BCUT2D eigenvalue weighted by Crippen LogP contribution is -2.53. The largest absolute Gasteiger partial charge is 0.496 e. The maximum atomic E-state index is 13.8. The number of aryl methyl sites for hydroxylation is 1. The third-order valence-corrected chi connectivity index (χ3v) is 6.39. The van der Waals surface area contributed by atoms with Crippen LogP contribution in [0.1, 0.15) is 37.0 Å². The summed E-state index contributed by atoms with van der Waals surface area (Å²) in [5, 5.41) is 3.08. The molecule has 3 aromatic carbocycles. The van der Waals surface area contributed by atoms with E-state index < -0.39 is 6.04 Å². The number of hydrogen-bond donors (Lipinski definition) is 1. The fraction of sp³-hybridized carbons (Fsp3) is 0.355. The Morgan fingerprint density at radius 2 is 1.50 bits per heavy atom. The lowest BCUT2D eigenvalue weighted by atomic mass is 10.0. The van der Waals surface area contributed by atoms with Gasteiger partial charge in [-0.05, 0) is 31.4 Å². The molecule has 0 unspecified atom stereocenters. The Morgan fingerprint density at radius 3 is 2.11 bits per heavy atom. The molecule has 202 valence electrons. The van der Waals surface area contributed by atoms with Crippen molar-refractivity contribution >= 4 is 11.8 Å². The maximum absolute atomic E-state index is 13.8. The number of carbonyl (C=O) groups excluding carboxylic acids is 2. The minimum Gasteiger partial charge on any atom is -0.496 e. The van der Waals surface area contributed by atoms with Crippen molar-refractivity contribution < 1.29 is 23.8 Å². The van der Waals surface area contributed by atoms with Gasteiger partial charge in [-0.25, -0.2) is 0 Å². The van der Waals surface area contributed by atoms with E-state index in [1.165, 1.54) is 0 Å². The van der Waals surface area contributed by atoms with E-state index in [0.29, 0.717) is 23.7 Å². The highest BCUT2D eigenvalue weighted by atomic mass is 16.5. The number of benzene rings is 3. The molecule has 0 radical (unpaired) electrons. The molecule has 0 aliphatic rings. The molecule has 0 saturated heterocycles. The Kier molecular flexibility index (Phi) is 10.6. The number of hydrogen-bond acceptors (Lipinski definition) is 5. The predicted molar refractivity (Wildman–Crippen MR) is 149 cm³/mol. The second kappa shape index (κ2) is 14.1. The first-order valence-corrected chi connectivity index (χ1v) is 12.9. The molecular formula is C31H38N2O5. The highest BCUT2D eigenvalue weighted by molar-refractivity contribution is 5.88. The van der Waals surface area contributed by atoms with Crippen molar-refractivity contribution in [3.63, 3.8) is 0 Å². The molecule has 3 rings (SSSR count). The average Bonchev–Trinajstić information content (AvgIpc) is 2.93. The summed E-state index contributed by atoms with van der Waals surface area (Å²) in [6.45, 7) is 6.01. The van der Waals surface area contributed by atoms with E-state index in [4.69, 9.17) is 14.2 Å². The van der Waals surface area contributed by atoms with Crippen molar-refractivity contribution in [3.05, 3.63) is 89.5 Å². The van der Waals surface area contributed by atoms with E-state index >= 15 is 0 Å². The average molecular weight is 519 g/mol. The monoisotopic (exact) mass is 518 g/mol. The molecular weight excluding hydrogens is 480 g/mol. The summed E-state index contributed by atoms with van der Waals surface area (Å²) in [7, 11) is 3.11. The molecule has 7 heteroatoms. The van der Waals surface area contributed by atoms with Crippen molar-refractivity contribution in [2.24, 2.45) is 0 Å². The summed E-state index contributed by atoms with van der Waals surface area (Å²) in [5.74, 6) is 1.06. The Labute approximate surface area is 225 Å². The van der Waals surface area contributed by atoms with Crippen LogP contribution in [0.3, 0.4) is 0 Å². The first kappa shape index (κ1) is 28.6. The van der Waals surface area contributed by atoms with Crippen LogP contribution in [-0.4, -0.2) is 49.6 Å². The number of methoxy groups -OCH3 is 2. The van der Waals surface area contributed by atoms with Crippen LogP contribution in [0.5, 0.6) is 17.2 Å². The van der Waals surface area contributed by atoms with E-state index in [-0.39, 0.29) is 31.0 Å². The van der Waals surface area contributed by atoms with Gasteiger partial charge in [-0.2, -0.15) is 0 Å². The first-order chi connectivity index (χ1) is 18.3. The highest BCUT2D eigenvalue weighted by Gasteiger charge is 2.31. The normalized spacial score (nSPS) is 12.2. The number of ether oxygens (including phenoxy) is 3. The Balaban J connectivity index is 1.93. The molecule has 0 bridgehead atoms. The summed E-state index contributed by atoms with van der Waals surface area (Å²) in [5.41, 5.74) is 2.99. The SMILES string of the molecule is CC[C@H](C)NC(=O)[C@@H](Cc1ccccc1)N(Cc1cccc(C)c1)C(=O)COc1cc(OC)cc(OC)c1. The van der Waals surface area contributed by atoms with E-state index in [0.717, 1.165) is 23.1 Å². The van der Waals surface area contributed by atoms with Crippen molar-refractivity contribution in [2.45, 2.75) is 52.2 Å². The fourth-order valence-electron chi connectivity index (χ4n) is 4.09. The Hall–Kier alpha value is -4.00. The predicted octanol–water partition coefficient (Wildman–Crippen LogP) is 4.95. The molecule has 0 fully saturated rings. The van der Waals surface area contributed by atoms with Gasteiger partial charge < -0.3 is 24.4 Å². The molecule has 0 aromatic heterocycles. The van der Waals surface area contributed by atoms with E-state index in [1.54, 1.807) is 37.3 Å². The molecule has 38 heavy (non-hydrogen) atoms. The van der Waals surface area contributed by atoms with Crippen LogP contribution in [0, 0.1) is 6.92 Å². The molecule has 0 spiro atoms. The zero-order valence-corrected chi connectivity index (χ0v) is 22.9. The summed E-state index contributed by atoms with van der Waals surface area (Å²) < 4.78 is 16.5. The van der Waals surface area contributed by atoms with Gasteiger partial charge in [0.25, 0.3) is 5.91 Å². The number of carbonyl (C=O) groups is 2. The minimum atomic E-state index is -0.720. The minimum absolute atomic E-state index is 0.0165. The van der Waals surface area contributed by atoms with Gasteiger partial charge in [0, 0.05) is 37.2 Å². The van der Waals surface area contributed by atoms with Crippen LogP contribution in [0.4, 0.5) is 0 Å². The lowest BCUT2D eigenvalue weighted by molar-refractivity contribution is -0.143. The van der Waals surface area contributed by atoms with Crippen LogP contribution >= 0.6 is 0 Å². The summed E-state index contributed by atoms with van der Waals surface area (Å²) in [6.07, 6.45) is 1.17. The molecule has 1 N–H and O–H groups in total. The van der Waals surface area contributed by atoms with E-state index in [2.05, 4.69) is 5.32 Å². The van der Waals surface area contributed by atoms with Gasteiger partial charge in [-0.1, -0.05) is 67.1 Å². The molecule has 0 aliphatic heterocycles. The zero-order chi connectivity index (χ0) is 27.5. The van der Waals surface area contributed by atoms with Crippen LogP contribution in [-0.2, 0) is 22.6 Å². The van der Waals surface area contributed by atoms with Gasteiger partial charge in [0.05, 0.1) is 14.2 Å². The van der Waals surface area contributed by atoms with Crippen LogP contribution in [0.2, 0.25) is 0 Å². The smallest absolute Gasteiger partial charge is 0.261 e. The summed E-state index contributed by atoms with van der Waals surface area (Å²) in [4.78, 5) is 29.0. The summed E-state index contributed by atoms with van der Waals surface area (Å²) in [6, 6.07) is 22.1. The second-order valence-corrected chi connectivity index (χ2v) is 9.37. The van der Waals surface area contributed by atoms with Crippen molar-refractivity contribution in [1.29, 1.82) is 0 Å². The van der Waals surface area contributed by atoms with Crippen LogP contribution in [0.15, 0.2) is 72.8 Å². The van der Waals surface area contributed by atoms with Crippen LogP contribution < -0.4 is 19.5 Å². The molecule has 2 amide bonds. The topological polar surface area (TPSA) is 77.1 Å². The molecule has 7 nitrogen and oxygen atoms in total. The summed E-state index contributed by atoms with van der Waals surface area (Å²) >= 11 is 0. The number of nitrogens with zero attached hydrogens (tertiary/aromatic N) is 1. The quantitative estimate of drug-likeness (QED) is 0.347. The molecule has 0 aliphatic carbocycles. The van der Waals surface area contributed by atoms with E-state index in [9.17, 15) is 9.59 Å². The van der Waals surface area contributed by atoms with Gasteiger partial charge in [0.1, 0.15) is 23.3 Å². The maximum Gasteiger partial charge on any atom is 0.261 e. The van der Waals surface area contributed by atoms with Gasteiger partial charge in [0.2, 0.25) is 5.91 Å². The first-order valence-electron chi connectivity index (χ1n) is 12.9.